The molecule has 2 rings (SSSR count). The monoisotopic (exact) mass is 382 g/mol. The second-order valence-corrected chi connectivity index (χ2v) is 8.20. The maximum absolute atomic E-state index is 11.2. The largest absolute Gasteiger partial charge is 0.508 e. The molecule has 154 valence electrons. The molecule has 1 atom stereocenters. The smallest absolute Gasteiger partial charge is 0.122 e. The average molecular weight is 383 g/mol. The standard InChI is InChI=1S/C26H38O2/c1-6-9-12-20-15-14-19(5)25(26(20)28)22(11-8-3)23-16-18(4)17-24(27)21(23)13-10-7-2/h14-17,22,27-28H,6-13H2,1-5H3. The first-order chi connectivity index (χ1) is 13.4. The summed E-state index contributed by atoms with van der Waals surface area (Å²) in [6.45, 7) is 10.7. The molecule has 0 saturated carbocycles. The molecule has 2 heteroatoms. The van der Waals surface area contributed by atoms with E-state index in [0.717, 1.165) is 79.2 Å². The molecule has 28 heavy (non-hydrogen) atoms. The first-order valence-electron chi connectivity index (χ1n) is 11.1. The molecule has 0 aliphatic carbocycles. The fourth-order valence-electron chi connectivity index (χ4n) is 4.27. The van der Waals surface area contributed by atoms with Gasteiger partial charge in [-0.05, 0) is 79.8 Å². The van der Waals surface area contributed by atoms with Crippen molar-refractivity contribution < 1.29 is 10.2 Å². The van der Waals surface area contributed by atoms with E-state index in [9.17, 15) is 10.2 Å². The summed E-state index contributed by atoms with van der Waals surface area (Å²) in [5.74, 6) is 0.988. The van der Waals surface area contributed by atoms with Gasteiger partial charge in [0.2, 0.25) is 0 Å². The van der Waals surface area contributed by atoms with Crippen LogP contribution in [-0.4, -0.2) is 10.2 Å². The minimum Gasteiger partial charge on any atom is -0.508 e. The van der Waals surface area contributed by atoms with Crippen LogP contribution >= 0.6 is 0 Å². The summed E-state index contributed by atoms with van der Waals surface area (Å²) in [5.41, 5.74) is 6.57. The van der Waals surface area contributed by atoms with Gasteiger partial charge in [0.1, 0.15) is 11.5 Å². The van der Waals surface area contributed by atoms with Crippen LogP contribution in [-0.2, 0) is 12.8 Å². The van der Waals surface area contributed by atoms with E-state index in [1.807, 2.05) is 13.0 Å². The first-order valence-corrected chi connectivity index (χ1v) is 11.1. The summed E-state index contributed by atoms with van der Waals surface area (Å²) in [7, 11) is 0. The van der Waals surface area contributed by atoms with Gasteiger partial charge in [-0.3, -0.25) is 0 Å². The highest BCUT2D eigenvalue weighted by Gasteiger charge is 2.25. The van der Waals surface area contributed by atoms with Gasteiger partial charge in [0.05, 0.1) is 0 Å². The molecule has 0 saturated heterocycles. The molecule has 0 fully saturated rings. The summed E-state index contributed by atoms with van der Waals surface area (Å²) in [6, 6.07) is 8.34. The summed E-state index contributed by atoms with van der Waals surface area (Å²) >= 11 is 0. The predicted molar refractivity (Wildman–Crippen MR) is 120 cm³/mol. The lowest BCUT2D eigenvalue weighted by Crippen LogP contribution is -2.09. The molecular formula is C26H38O2. The zero-order valence-corrected chi connectivity index (χ0v) is 18.4. The highest BCUT2D eigenvalue weighted by Crippen LogP contribution is 2.42. The van der Waals surface area contributed by atoms with Gasteiger partial charge in [0.15, 0.2) is 0 Å². The van der Waals surface area contributed by atoms with Gasteiger partial charge in [-0.15, -0.1) is 0 Å². The van der Waals surface area contributed by atoms with Gasteiger partial charge in [0, 0.05) is 11.5 Å². The Hall–Kier alpha value is -1.96. The van der Waals surface area contributed by atoms with E-state index in [-0.39, 0.29) is 5.92 Å². The summed E-state index contributed by atoms with van der Waals surface area (Å²) < 4.78 is 0. The number of hydrogen-bond acceptors (Lipinski definition) is 2. The fourth-order valence-corrected chi connectivity index (χ4v) is 4.27. The van der Waals surface area contributed by atoms with Crippen molar-refractivity contribution in [3.8, 4) is 11.5 Å². The maximum atomic E-state index is 11.2. The molecule has 0 aliphatic rings. The van der Waals surface area contributed by atoms with Crippen molar-refractivity contribution in [3.63, 3.8) is 0 Å². The number of phenolic OH excluding ortho intramolecular Hbond substituents is 2. The lowest BCUT2D eigenvalue weighted by molar-refractivity contribution is 0.450. The molecule has 0 aromatic heterocycles. The molecular weight excluding hydrogens is 344 g/mol. The number of rotatable bonds is 10. The van der Waals surface area contributed by atoms with Crippen LogP contribution in [0.4, 0.5) is 0 Å². The van der Waals surface area contributed by atoms with Crippen molar-refractivity contribution in [2.24, 2.45) is 0 Å². The van der Waals surface area contributed by atoms with E-state index >= 15 is 0 Å². The van der Waals surface area contributed by atoms with Crippen molar-refractivity contribution in [3.05, 3.63) is 57.6 Å². The molecule has 0 heterocycles. The molecule has 2 aromatic carbocycles. The third-order valence-corrected chi connectivity index (χ3v) is 5.81. The molecule has 0 amide bonds. The topological polar surface area (TPSA) is 40.5 Å². The van der Waals surface area contributed by atoms with Gasteiger partial charge in [-0.25, -0.2) is 0 Å². The van der Waals surface area contributed by atoms with E-state index in [1.54, 1.807) is 0 Å². The van der Waals surface area contributed by atoms with Crippen molar-refractivity contribution in [2.45, 2.75) is 91.9 Å². The number of benzene rings is 2. The predicted octanol–water partition coefficient (Wildman–Crippen LogP) is 7.33. The van der Waals surface area contributed by atoms with Crippen LogP contribution < -0.4 is 0 Å². The van der Waals surface area contributed by atoms with Crippen LogP contribution in [0.3, 0.4) is 0 Å². The Bertz CT molecular complexity index is 776. The van der Waals surface area contributed by atoms with E-state index in [1.165, 1.54) is 5.56 Å². The number of aryl methyl sites for hydroxylation is 3. The molecule has 0 bridgehead atoms. The van der Waals surface area contributed by atoms with Crippen molar-refractivity contribution in [1.29, 1.82) is 0 Å². The molecule has 2 N–H and O–H groups in total. The Morgan fingerprint density at radius 1 is 0.857 bits per heavy atom. The van der Waals surface area contributed by atoms with E-state index < -0.39 is 0 Å². The summed E-state index contributed by atoms with van der Waals surface area (Å²) in [6.07, 6.45) is 8.16. The van der Waals surface area contributed by atoms with Gasteiger partial charge >= 0.3 is 0 Å². The lowest BCUT2D eigenvalue weighted by Gasteiger charge is -2.26. The van der Waals surface area contributed by atoms with E-state index in [2.05, 4.69) is 45.9 Å². The van der Waals surface area contributed by atoms with Crippen LogP contribution in [0.25, 0.3) is 0 Å². The van der Waals surface area contributed by atoms with Gasteiger partial charge in [-0.2, -0.15) is 0 Å². The third kappa shape index (κ3) is 5.10. The fraction of sp³-hybridized carbons (Fsp3) is 0.538. The van der Waals surface area contributed by atoms with Crippen molar-refractivity contribution in [1.82, 2.24) is 0 Å². The summed E-state index contributed by atoms with van der Waals surface area (Å²) in [4.78, 5) is 0. The van der Waals surface area contributed by atoms with Crippen LogP contribution in [0, 0.1) is 13.8 Å². The number of phenols is 2. The third-order valence-electron chi connectivity index (χ3n) is 5.81. The SMILES string of the molecule is CCCCc1ccc(C)c(C(CCC)c2cc(C)cc(O)c2CCCC)c1O. The molecule has 0 spiro atoms. The molecule has 1 unspecified atom stereocenters. The number of aromatic hydroxyl groups is 2. The lowest BCUT2D eigenvalue weighted by atomic mass is 9.79. The van der Waals surface area contributed by atoms with Crippen LogP contribution in [0.5, 0.6) is 11.5 Å². The summed E-state index contributed by atoms with van der Waals surface area (Å²) in [5, 5.41) is 21.9. The van der Waals surface area contributed by atoms with Crippen LogP contribution in [0.2, 0.25) is 0 Å². The van der Waals surface area contributed by atoms with Crippen LogP contribution in [0.1, 0.15) is 98.6 Å². The maximum Gasteiger partial charge on any atom is 0.122 e. The highest BCUT2D eigenvalue weighted by atomic mass is 16.3. The minimum atomic E-state index is 0.115. The number of unbranched alkanes of at least 4 members (excludes halogenated alkanes) is 2. The number of hydrogen-bond donors (Lipinski definition) is 2. The average Bonchev–Trinajstić information content (AvgIpc) is 2.65. The second kappa shape index (κ2) is 10.5. The minimum absolute atomic E-state index is 0.115. The van der Waals surface area contributed by atoms with Gasteiger partial charge in [-0.1, -0.05) is 58.2 Å². The quantitative estimate of drug-likeness (QED) is 0.451. The van der Waals surface area contributed by atoms with E-state index in [0.29, 0.717) is 11.5 Å². The Morgan fingerprint density at radius 2 is 1.54 bits per heavy atom. The Morgan fingerprint density at radius 3 is 2.18 bits per heavy atom. The molecule has 0 aliphatic heterocycles. The highest BCUT2D eigenvalue weighted by molar-refractivity contribution is 5.54. The van der Waals surface area contributed by atoms with Gasteiger partial charge < -0.3 is 10.2 Å². The Balaban J connectivity index is 2.64. The molecule has 2 aromatic rings. The Labute approximate surface area is 171 Å². The molecule has 2 nitrogen and oxygen atoms in total. The second-order valence-electron chi connectivity index (χ2n) is 8.20. The van der Waals surface area contributed by atoms with E-state index in [4.69, 9.17) is 0 Å². The zero-order chi connectivity index (χ0) is 20.7. The first kappa shape index (κ1) is 22.3. The van der Waals surface area contributed by atoms with Crippen molar-refractivity contribution >= 4 is 0 Å². The van der Waals surface area contributed by atoms with Gasteiger partial charge in [0.25, 0.3) is 0 Å². The van der Waals surface area contributed by atoms with Crippen molar-refractivity contribution in [2.75, 3.05) is 0 Å². The normalized spacial score (nSPS) is 12.3. The van der Waals surface area contributed by atoms with Crippen LogP contribution in [0.15, 0.2) is 24.3 Å². The molecule has 0 radical (unpaired) electrons. The Kier molecular flexibility index (Phi) is 8.41. The zero-order valence-electron chi connectivity index (χ0n) is 18.4.